The average Bonchev–Trinajstić information content (AvgIpc) is 1.82. The molecule has 0 aromatic heterocycles. The van der Waals surface area contributed by atoms with Crippen LogP contribution in [0.25, 0.3) is 0 Å². The molecule has 0 rings (SSSR count). The molecule has 0 fully saturated rings. The standard InChI is InChI=1S/C7H15NO/c1-3-5-6(4-2)7(8)9/h3,5-7,9H,4,8H2,1-2H3/b5-3-. The van der Waals surface area contributed by atoms with Gasteiger partial charge in [-0.1, -0.05) is 19.1 Å². The molecule has 0 aliphatic rings. The number of rotatable bonds is 3. The van der Waals surface area contributed by atoms with Gasteiger partial charge in [0.2, 0.25) is 0 Å². The van der Waals surface area contributed by atoms with E-state index in [0.29, 0.717) is 0 Å². The number of aliphatic hydroxyl groups is 1. The van der Waals surface area contributed by atoms with Crippen molar-refractivity contribution in [2.45, 2.75) is 26.5 Å². The summed E-state index contributed by atoms with van der Waals surface area (Å²) < 4.78 is 0. The average molecular weight is 129 g/mol. The first-order chi connectivity index (χ1) is 4.22. The Morgan fingerprint density at radius 1 is 1.67 bits per heavy atom. The predicted octanol–water partition coefficient (Wildman–Crippen LogP) is 0.866. The molecular weight excluding hydrogens is 114 g/mol. The van der Waals surface area contributed by atoms with Crippen LogP contribution in [0.5, 0.6) is 0 Å². The molecule has 0 aliphatic heterocycles. The highest BCUT2D eigenvalue weighted by molar-refractivity contribution is 4.86. The lowest BCUT2D eigenvalue weighted by Crippen LogP contribution is -2.27. The van der Waals surface area contributed by atoms with Crippen molar-refractivity contribution in [3.05, 3.63) is 12.2 Å². The van der Waals surface area contributed by atoms with E-state index in [1.165, 1.54) is 0 Å². The maximum absolute atomic E-state index is 8.87. The van der Waals surface area contributed by atoms with Gasteiger partial charge in [0.1, 0.15) is 6.23 Å². The summed E-state index contributed by atoms with van der Waals surface area (Å²) in [6.07, 6.45) is 4.02. The summed E-state index contributed by atoms with van der Waals surface area (Å²) in [4.78, 5) is 0. The second-order valence-electron chi connectivity index (χ2n) is 2.09. The molecule has 2 heteroatoms. The van der Waals surface area contributed by atoms with E-state index in [0.717, 1.165) is 6.42 Å². The Kier molecular flexibility index (Phi) is 4.36. The smallest absolute Gasteiger partial charge is 0.108 e. The molecule has 9 heavy (non-hydrogen) atoms. The largest absolute Gasteiger partial charge is 0.378 e. The first-order valence-corrected chi connectivity index (χ1v) is 3.28. The fourth-order valence-electron chi connectivity index (χ4n) is 0.739. The van der Waals surface area contributed by atoms with Crippen LogP contribution in [0, 0.1) is 5.92 Å². The Bertz CT molecular complexity index is 88.9. The third-order valence-electron chi connectivity index (χ3n) is 1.35. The van der Waals surface area contributed by atoms with Gasteiger partial charge < -0.3 is 10.8 Å². The zero-order chi connectivity index (χ0) is 7.28. The molecule has 0 aliphatic carbocycles. The first kappa shape index (κ1) is 8.66. The van der Waals surface area contributed by atoms with Gasteiger partial charge in [0.15, 0.2) is 0 Å². The Balaban J connectivity index is 3.68. The van der Waals surface area contributed by atoms with Crippen LogP contribution in [-0.4, -0.2) is 11.3 Å². The number of nitrogens with two attached hydrogens (primary N) is 1. The van der Waals surface area contributed by atoms with Crippen molar-refractivity contribution >= 4 is 0 Å². The maximum atomic E-state index is 8.87. The van der Waals surface area contributed by atoms with E-state index in [1.807, 2.05) is 26.0 Å². The van der Waals surface area contributed by atoms with Crippen LogP contribution in [0.2, 0.25) is 0 Å². The molecule has 54 valence electrons. The summed E-state index contributed by atoms with van der Waals surface area (Å²) >= 11 is 0. The number of hydrogen-bond donors (Lipinski definition) is 2. The topological polar surface area (TPSA) is 46.2 Å². The summed E-state index contributed by atoms with van der Waals surface area (Å²) in [7, 11) is 0. The highest BCUT2D eigenvalue weighted by Crippen LogP contribution is 2.05. The van der Waals surface area contributed by atoms with E-state index in [1.54, 1.807) is 0 Å². The van der Waals surface area contributed by atoms with Crippen molar-refractivity contribution in [1.82, 2.24) is 0 Å². The van der Waals surface area contributed by atoms with Crippen LogP contribution in [0.1, 0.15) is 20.3 Å². The molecule has 0 bridgehead atoms. The molecule has 0 spiro atoms. The molecule has 0 radical (unpaired) electrons. The molecule has 0 heterocycles. The fraction of sp³-hybridized carbons (Fsp3) is 0.714. The molecule has 3 N–H and O–H groups in total. The Morgan fingerprint density at radius 2 is 2.22 bits per heavy atom. The van der Waals surface area contributed by atoms with E-state index in [4.69, 9.17) is 10.8 Å². The van der Waals surface area contributed by atoms with Crippen molar-refractivity contribution in [3.8, 4) is 0 Å². The monoisotopic (exact) mass is 129 g/mol. The minimum Gasteiger partial charge on any atom is -0.378 e. The molecule has 0 saturated heterocycles. The maximum Gasteiger partial charge on any atom is 0.108 e. The number of aliphatic hydroxyl groups excluding tert-OH is 1. The molecule has 0 aromatic carbocycles. The second kappa shape index (κ2) is 4.53. The second-order valence-corrected chi connectivity index (χ2v) is 2.09. The third kappa shape index (κ3) is 3.27. The molecule has 2 atom stereocenters. The Hall–Kier alpha value is -0.340. The van der Waals surface area contributed by atoms with Gasteiger partial charge >= 0.3 is 0 Å². The van der Waals surface area contributed by atoms with Crippen LogP contribution in [0.4, 0.5) is 0 Å². The number of hydrogen-bond acceptors (Lipinski definition) is 2. The van der Waals surface area contributed by atoms with Gasteiger partial charge in [0.05, 0.1) is 0 Å². The molecule has 0 aromatic rings. The van der Waals surface area contributed by atoms with Crippen molar-refractivity contribution in [1.29, 1.82) is 0 Å². The van der Waals surface area contributed by atoms with Crippen molar-refractivity contribution in [3.63, 3.8) is 0 Å². The zero-order valence-corrected chi connectivity index (χ0v) is 6.04. The van der Waals surface area contributed by atoms with Crippen molar-refractivity contribution in [2.24, 2.45) is 11.7 Å². The predicted molar refractivity (Wildman–Crippen MR) is 38.8 cm³/mol. The van der Waals surface area contributed by atoms with Gasteiger partial charge in [0.25, 0.3) is 0 Å². The van der Waals surface area contributed by atoms with Gasteiger partial charge in [-0.2, -0.15) is 0 Å². The van der Waals surface area contributed by atoms with E-state index in [-0.39, 0.29) is 5.92 Å². The van der Waals surface area contributed by atoms with Crippen LogP contribution in [0.15, 0.2) is 12.2 Å². The van der Waals surface area contributed by atoms with E-state index in [2.05, 4.69) is 0 Å². The molecule has 0 saturated carbocycles. The summed E-state index contributed by atoms with van der Waals surface area (Å²) in [6.45, 7) is 3.92. The van der Waals surface area contributed by atoms with E-state index >= 15 is 0 Å². The molecule has 0 amide bonds. The van der Waals surface area contributed by atoms with Gasteiger partial charge in [-0.15, -0.1) is 0 Å². The first-order valence-electron chi connectivity index (χ1n) is 3.28. The van der Waals surface area contributed by atoms with E-state index in [9.17, 15) is 0 Å². The summed E-state index contributed by atoms with van der Waals surface area (Å²) in [6, 6.07) is 0. The molecule has 2 unspecified atom stereocenters. The summed E-state index contributed by atoms with van der Waals surface area (Å²) in [5.41, 5.74) is 5.24. The normalized spacial score (nSPS) is 18.2. The molecule has 2 nitrogen and oxygen atoms in total. The SMILES string of the molecule is C/C=C\C(CC)C(N)O. The van der Waals surface area contributed by atoms with Crippen molar-refractivity contribution in [2.75, 3.05) is 0 Å². The molecular formula is C7H15NO. The minimum absolute atomic E-state index is 0.120. The number of allylic oxidation sites excluding steroid dienone is 1. The van der Waals surface area contributed by atoms with Crippen LogP contribution in [-0.2, 0) is 0 Å². The van der Waals surface area contributed by atoms with Crippen LogP contribution < -0.4 is 5.73 Å². The van der Waals surface area contributed by atoms with Crippen LogP contribution in [0.3, 0.4) is 0 Å². The highest BCUT2D eigenvalue weighted by atomic mass is 16.3. The van der Waals surface area contributed by atoms with Gasteiger partial charge in [0, 0.05) is 5.92 Å². The Morgan fingerprint density at radius 3 is 2.33 bits per heavy atom. The lowest BCUT2D eigenvalue weighted by Gasteiger charge is -2.11. The van der Waals surface area contributed by atoms with E-state index < -0.39 is 6.23 Å². The van der Waals surface area contributed by atoms with Gasteiger partial charge in [-0.25, -0.2) is 0 Å². The van der Waals surface area contributed by atoms with Crippen molar-refractivity contribution < 1.29 is 5.11 Å². The third-order valence-corrected chi connectivity index (χ3v) is 1.35. The Labute approximate surface area is 56.4 Å². The highest BCUT2D eigenvalue weighted by Gasteiger charge is 2.06. The lowest BCUT2D eigenvalue weighted by atomic mass is 10.1. The minimum atomic E-state index is -0.703. The van der Waals surface area contributed by atoms with Gasteiger partial charge in [-0.05, 0) is 13.3 Å². The fourth-order valence-corrected chi connectivity index (χ4v) is 0.739. The summed E-state index contributed by atoms with van der Waals surface area (Å²) in [5.74, 6) is 0.120. The van der Waals surface area contributed by atoms with Crippen LogP contribution >= 0.6 is 0 Å². The quantitative estimate of drug-likeness (QED) is 0.438. The van der Waals surface area contributed by atoms with Gasteiger partial charge in [-0.3, -0.25) is 0 Å². The zero-order valence-electron chi connectivity index (χ0n) is 6.04. The summed E-state index contributed by atoms with van der Waals surface area (Å²) in [5, 5.41) is 8.87. The lowest BCUT2D eigenvalue weighted by molar-refractivity contribution is 0.135.